The highest BCUT2D eigenvalue weighted by Gasteiger charge is 2.23. The minimum Gasteiger partial charge on any atom is -0.493 e. The summed E-state index contributed by atoms with van der Waals surface area (Å²) in [5, 5.41) is 12.7. The van der Waals surface area contributed by atoms with Crippen LogP contribution in [-0.2, 0) is 4.79 Å². The summed E-state index contributed by atoms with van der Waals surface area (Å²) in [6.07, 6.45) is 0.663. The number of rotatable bonds is 6. The summed E-state index contributed by atoms with van der Waals surface area (Å²) in [6, 6.07) is 5.71. The van der Waals surface area contributed by atoms with Gasteiger partial charge in [-0.1, -0.05) is 6.07 Å². The van der Waals surface area contributed by atoms with Crippen molar-refractivity contribution in [2.75, 3.05) is 39.9 Å². The lowest BCUT2D eigenvalue weighted by atomic mass is 10.0. The van der Waals surface area contributed by atoms with Crippen molar-refractivity contribution >= 4 is 5.97 Å². The molecule has 1 fully saturated rings. The van der Waals surface area contributed by atoms with Crippen LogP contribution in [0.5, 0.6) is 11.5 Å². The number of esters is 1. The third-order valence-corrected chi connectivity index (χ3v) is 3.82. The SMILES string of the molecule is COc1cc([C@H](CCO)N2CCNCC2)ccc1OC(C)=O. The first-order valence-corrected chi connectivity index (χ1v) is 7.57. The van der Waals surface area contributed by atoms with Gasteiger partial charge in [-0.15, -0.1) is 0 Å². The quantitative estimate of drug-likeness (QED) is 0.602. The molecule has 6 heteroatoms. The van der Waals surface area contributed by atoms with E-state index < -0.39 is 0 Å². The Hall–Kier alpha value is -1.63. The third-order valence-electron chi connectivity index (χ3n) is 3.82. The van der Waals surface area contributed by atoms with E-state index in [0.717, 1.165) is 31.7 Å². The van der Waals surface area contributed by atoms with Crippen molar-refractivity contribution in [3.8, 4) is 11.5 Å². The number of nitrogens with one attached hydrogen (secondary N) is 1. The molecule has 1 atom stereocenters. The van der Waals surface area contributed by atoms with Gasteiger partial charge in [0.15, 0.2) is 11.5 Å². The highest BCUT2D eigenvalue weighted by atomic mass is 16.6. The second-order valence-corrected chi connectivity index (χ2v) is 5.32. The van der Waals surface area contributed by atoms with Gasteiger partial charge in [0, 0.05) is 45.8 Å². The fraction of sp³-hybridized carbons (Fsp3) is 0.562. The number of hydrogen-bond acceptors (Lipinski definition) is 6. The molecule has 1 aliphatic heterocycles. The molecular weight excluding hydrogens is 284 g/mol. The lowest BCUT2D eigenvalue weighted by Crippen LogP contribution is -2.45. The first-order valence-electron chi connectivity index (χ1n) is 7.57. The third kappa shape index (κ3) is 4.19. The van der Waals surface area contributed by atoms with E-state index in [1.807, 2.05) is 12.1 Å². The molecule has 122 valence electrons. The van der Waals surface area contributed by atoms with Gasteiger partial charge in [0.05, 0.1) is 7.11 Å². The van der Waals surface area contributed by atoms with E-state index in [-0.39, 0.29) is 18.6 Å². The molecule has 1 heterocycles. The molecule has 0 unspecified atom stereocenters. The molecule has 0 amide bonds. The number of ether oxygens (including phenoxy) is 2. The highest BCUT2D eigenvalue weighted by molar-refractivity contribution is 5.70. The Labute approximate surface area is 131 Å². The summed E-state index contributed by atoms with van der Waals surface area (Å²) in [5.41, 5.74) is 1.06. The average molecular weight is 308 g/mol. The Morgan fingerprint density at radius 2 is 2.09 bits per heavy atom. The number of piperazine rings is 1. The fourth-order valence-electron chi connectivity index (χ4n) is 2.81. The van der Waals surface area contributed by atoms with Crippen LogP contribution in [0.25, 0.3) is 0 Å². The monoisotopic (exact) mass is 308 g/mol. The van der Waals surface area contributed by atoms with Crippen molar-refractivity contribution in [3.05, 3.63) is 23.8 Å². The van der Waals surface area contributed by atoms with Crippen LogP contribution < -0.4 is 14.8 Å². The molecule has 0 radical (unpaired) electrons. The molecule has 1 aliphatic rings. The molecule has 0 saturated carbocycles. The number of carbonyl (C=O) groups excluding carboxylic acids is 1. The van der Waals surface area contributed by atoms with Gasteiger partial charge in [-0.05, 0) is 24.1 Å². The number of nitrogens with zero attached hydrogens (tertiary/aromatic N) is 1. The second kappa shape index (κ2) is 8.12. The van der Waals surface area contributed by atoms with E-state index >= 15 is 0 Å². The Bertz CT molecular complexity index is 501. The minimum absolute atomic E-state index is 0.128. The number of hydrogen-bond donors (Lipinski definition) is 2. The maximum atomic E-state index is 11.1. The van der Waals surface area contributed by atoms with Crippen molar-refractivity contribution in [3.63, 3.8) is 0 Å². The number of carbonyl (C=O) groups is 1. The van der Waals surface area contributed by atoms with Crippen LogP contribution in [0.3, 0.4) is 0 Å². The molecule has 22 heavy (non-hydrogen) atoms. The fourth-order valence-corrected chi connectivity index (χ4v) is 2.81. The molecule has 1 saturated heterocycles. The molecule has 0 spiro atoms. The number of aliphatic hydroxyl groups is 1. The van der Waals surface area contributed by atoms with Crippen molar-refractivity contribution in [2.45, 2.75) is 19.4 Å². The van der Waals surface area contributed by atoms with Gasteiger partial charge in [-0.25, -0.2) is 0 Å². The van der Waals surface area contributed by atoms with E-state index in [4.69, 9.17) is 9.47 Å². The van der Waals surface area contributed by atoms with E-state index in [2.05, 4.69) is 10.2 Å². The molecule has 1 aromatic rings. The lowest BCUT2D eigenvalue weighted by Gasteiger charge is -2.35. The number of methoxy groups -OCH3 is 1. The zero-order valence-corrected chi connectivity index (χ0v) is 13.2. The molecule has 2 N–H and O–H groups in total. The Morgan fingerprint density at radius 1 is 1.36 bits per heavy atom. The van der Waals surface area contributed by atoms with Crippen LogP contribution in [0.2, 0.25) is 0 Å². The maximum Gasteiger partial charge on any atom is 0.308 e. The van der Waals surface area contributed by atoms with E-state index in [1.54, 1.807) is 13.2 Å². The first-order chi connectivity index (χ1) is 10.7. The zero-order valence-electron chi connectivity index (χ0n) is 13.2. The summed E-state index contributed by atoms with van der Waals surface area (Å²) < 4.78 is 10.5. The Balaban J connectivity index is 2.24. The number of aliphatic hydroxyl groups excluding tert-OH is 1. The first kappa shape index (κ1) is 16.7. The molecule has 0 bridgehead atoms. The molecule has 2 rings (SSSR count). The van der Waals surface area contributed by atoms with Gasteiger partial charge in [0.1, 0.15) is 0 Å². The smallest absolute Gasteiger partial charge is 0.308 e. The summed E-state index contributed by atoms with van der Waals surface area (Å²) >= 11 is 0. The average Bonchev–Trinajstić information content (AvgIpc) is 2.53. The van der Waals surface area contributed by atoms with Gasteiger partial charge < -0.3 is 19.9 Å². The normalized spacial score (nSPS) is 17.0. The maximum absolute atomic E-state index is 11.1. The molecular formula is C16H24N2O4. The predicted octanol–water partition coefficient (Wildman–Crippen LogP) is 0.949. The van der Waals surface area contributed by atoms with Crippen molar-refractivity contribution in [1.29, 1.82) is 0 Å². The Kier molecular flexibility index (Phi) is 6.18. The van der Waals surface area contributed by atoms with Gasteiger partial charge in [-0.2, -0.15) is 0 Å². The van der Waals surface area contributed by atoms with E-state index in [0.29, 0.717) is 17.9 Å². The van der Waals surface area contributed by atoms with Crippen molar-refractivity contribution < 1.29 is 19.4 Å². The van der Waals surface area contributed by atoms with Crippen LogP contribution in [0.4, 0.5) is 0 Å². The van der Waals surface area contributed by atoms with Gasteiger partial charge in [0.25, 0.3) is 0 Å². The summed E-state index contributed by atoms with van der Waals surface area (Å²) in [5.74, 6) is 0.577. The topological polar surface area (TPSA) is 71.0 Å². The van der Waals surface area contributed by atoms with Crippen LogP contribution in [0, 0.1) is 0 Å². The van der Waals surface area contributed by atoms with Crippen molar-refractivity contribution in [1.82, 2.24) is 10.2 Å². The second-order valence-electron chi connectivity index (χ2n) is 5.32. The lowest BCUT2D eigenvalue weighted by molar-refractivity contribution is -0.132. The van der Waals surface area contributed by atoms with Crippen LogP contribution in [0.15, 0.2) is 18.2 Å². The summed E-state index contributed by atoms with van der Waals surface area (Å²) in [6.45, 7) is 5.28. The Morgan fingerprint density at radius 3 is 2.68 bits per heavy atom. The summed E-state index contributed by atoms with van der Waals surface area (Å²) in [4.78, 5) is 13.5. The van der Waals surface area contributed by atoms with Crippen LogP contribution >= 0.6 is 0 Å². The van der Waals surface area contributed by atoms with E-state index in [1.165, 1.54) is 6.92 Å². The standard InChI is InChI=1S/C16H24N2O4/c1-12(20)22-15-4-3-13(11-16(15)21-2)14(5-10-19)18-8-6-17-7-9-18/h3-4,11,14,17,19H,5-10H2,1-2H3/t14-/m0/s1. The number of benzene rings is 1. The highest BCUT2D eigenvalue weighted by Crippen LogP contribution is 2.33. The van der Waals surface area contributed by atoms with Gasteiger partial charge in [0.2, 0.25) is 0 Å². The summed E-state index contributed by atoms with van der Waals surface area (Å²) in [7, 11) is 1.55. The zero-order chi connectivity index (χ0) is 15.9. The molecule has 6 nitrogen and oxygen atoms in total. The molecule has 0 aliphatic carbocycles. The molecule has 0 aromatic heterocycles. The van der Waals surface area contributed by atoms with Gasteiger partial charge in [-0.3, -0.25) is 9.69 Å². The predicted molar refractivity (Wildman–Crippen MR) is 83.2 cm³/mol. The molecule has 1 aromatic carbocycles. The largest absolute Gasteiger partial charge is 0.493 e. The van der Waals surface area contributed by atoms with Crippen LogP contribution in [-0.4, -0.2) is 55.9 Å². The van der Waals surface area contributed by atoms with Crippen LogP contribution in [0.1, 0.15) is 24.9 Å². The van der Waals surface area contributed by atoms with E-state index in [9.17, 15) is 9.90 Å². The minimum atomic E-state index is -0.375. The van der Waals surface area contributed by atoms with Gasteiger partial charge >= 0.3 is 5.97 Å². The van der Waals surface area contributed by atoms with Crippen molar-refractivity contribution in [2.24, 2.45) is 0 Å².